The average Bonchev–Trinajstić information content (AvgIpc) is 2.62. The highest BCUT2D eigenvalue weighted by Crippen LogP contribution is 2.27. The van der Waals surface area contributed by atoms with Gasteiger partial charge in [0.15, 0.2) is 0 Å². The summed E-state index contributed by atoms with van der Waals surface area (Å²) in [5, 5.41) is 2.99. The molecule has 2 aromatic carbocycles. The highest BCUT2D eigenvalue weighted by molar-refractivity contribution is 7.89. The second-order valence-corrected chi connectivity index (χ2v) is 9.40. The number of hydrogen-bond donors (Lipinski definition) is 1. The van der Waals surface area contributed by atoms with Crippen LogP contribution in [0.3, 0.4) is 0 Å². The maximum atomic E-state index is 12.9. The minimum atomic E-state index is -3.64. The van der Waals surface area contributed by atoms with Crippen molar-refractivity contribution in [3.63, 3.8) is 0 Å². The van der Waals surface area contributed by atoms with Gasteiger partial charge in [0.05, 0.1) is 15.5 Å². The number of benzene rings is 2. The summed E-state index contributed by atoms with van der Waals surface area (Å²) in [5.41, 5.74) is 1.79. The first-order valence-corrected chi connectivity index (χ1v) is 10.8. The van der Waals surface area contributed by atoms with Gasteiger partial charge in [-0.25, -0.2) is 8.42 Å². The second kappa shape index (κ2) is 8.00. The van der Waals surface area contributed by atoms with E-state index in [0.717, 1.165) is 18.4 Å². The largest absolute Gasteiger partial charge is 0.322 e. The molecule has 1 aliphatic rings. The Bertz CT molecular complexity index is 951. The highest BCUT2D eigenvalue weighted by atomic mass is 35.5. The van der Waals surface area contributed by atoms with E-state index in [1.165, 1.54) is 22.5 Å². The molecule has 27 heavy (non-hydrogen) atoms. The number of carbonyl (C=O) groups is 1. The zero-order valence-corrected chi connectivity index (χ0v) is 17.0. The van der Waals surface area contributed by atoms with Crippen LogP contribution in [0.5, 0.6) is 0 Å². The number of halogens is 1. The van der Waals surface area contributed by atoms with E-state index in [9.17, 15) is 13.2 Å². The van der Waals surface area contributed by atoms with Gasteiger partial charge in [-0.05, 0) is 61.6 Å². The summed E-state index contributed by atoms with van der Waals surface area (Å²) in [4.78, 5) is 12.7. The van der Waals surface area contributed by atoms with Crippen LogP contribution in [-0.4, -0.2) is 31.7 Å². The van der Waals surface area contributed by atoms with Crippen molar-refractivity contribution in [1.29, 1.82) is 0 Å². The molecule has 3 rings (SSSR count). The summed E-state index contributed by atoms with van der Waals surface area (Å²) >= 11 is 6.17. The number of anilines is 1. The van der Waals surface area contributed by atoms with Gasteiger partial charge in [0.1, 0.15) is 0 Å². The quantitative estimate of drug-likeness (QED) is 0.822. The smallest absolute Gasteiger partial charge is 0.257 e. The fourth-order valence-electron chi connectivity index (χ4n) is 3.13. The zero-order valence-electron chi connectivity index (χ0n) is 15.4. The van der Waals surface area contributed by atoms with Gasteiger partial charge in [0.2, 0.25) is 10.0 Å². The van der Waals surface area contributed by atoms with Gasteiger partial charge in [-0.3, -0.25) is 4.79 Å². The minimum Gasteiger partial charge on any atom is -0.322 e. The summed E-state index contributed by atoms with van der Waals surface area (Å²) in [6, 6.07) is 11.7. The average molecular weight is 407 g/mol. The first kappa shape index (κ1) is 19.9. The Morgan fingerprint density at radius 3 is 2.52 bits per heavy atom. The van der Waals surface area contributed by atoms with Crippen molar-refractivity contribution >= 4 is 33.2 Å². The summed E-state index contributed by atoms with van der Waals surface area (Å²) in [7, 11) is -3.64. The summed E-state index contributed by atoms with van der Waals surface area (Å²) < 4.78 is 27.4. The van der Waals surface area contributed by atoms with E-state index in [1.807, 2.05) is 25.1 Å². The number of piperidine rings is 1. The van der Waals surface area contributed by atoms with Crippen molar-refractivity contribution in [3.05, 3.63) is 58.6 Å². The Hall–Kier alpha value is -1.89. The molecular weight excluding hydrogens is 384 g/mol. The maximum Gasteiger partial charge on any atom is 0.257 e. The SMILES string of the molecule is Cc1cccc(NC(=O)c2cc(S(=O)(=O)N3CCC(C)CC3)ccc2Cl)c1. The molecule has 1 saturated heterocycles. The molecule has 0 aliphatic carbocycles. The number of carbonyl (C=O) groups excluding carboxylic acids is 1. The molecule has 0 saturated carbocycles. The molecule has 0 atom stereocenters. The Labute approximate surface area is 165 Å². The van der Waals surface area contributed by atoms with E-state index in [1.54, 1.807) is 6.07 Å². The topological polar surface area (TPSA) is 66.5 Å². The van der Waals surface area contributed by atoms with E-state index < -0.39 is 15.9 Å². The molecule has 1 aliphatic heterocycles. The van der Waals surface area contributed by atoms with E-state index >= 15 is 0 Å². The Morgan fingerprint density at radius 2 is 1.85 bits per heavy atom. The van der Waals surface area contributed by atoms with Crippen LogP contribution < -0.4 is 5.32 Å². The van der Waals surface area contributed by atoms with Crippen LogP contribution in [0.4, 0.5) is 5.69 Å². The third-order valence-corrected chi connectivity index (χ3v) is 7.06. The third-order valence-electron chi connectivity index (χ3n) is 4.84. The monoisotopic (exact) mass is 406 g/mol. The van der Waals surface area contributed by atoms with Gasteiger partial charge in [-0.2, -0.15) is 4.31 Å². The fraction of sp³-hybridized carbons (Fsp3) is 0.350. The molecule has 1 fully saturated rings. The molecular formula is C20H23ClN2O3S. The maximum absolute atomic E-state index is 12.9. The lowest BCUT2D eigenvalue weighted by Crippen LogP contribution is -2.37. The van der Waals surface area contributed by atoms with E-state index in [0.29, 0.717) is 24.7 Å². The van der Waals surface area contributed by atoms with Crippen LogP contribution in [0.2, 0.25) is 5.02 Å². The number of hydrogen-bond acceptors (Lipinski definition) is 3. The number of nitrogens with one attached hydrogen (secondary N) is 1. The third kappa shape index (κ3) is 4.51. The minimum absolute atomic E-state index is 0.0934. The van der Waals surface area contributed by atoms with Gasteiger partial charge >= 0.3 is 0 Å². The first-order valence-electron chi connectivity index (χ1n) is 8.95. The summed E-state index contributed by atoms with van der Waals surface area (Å²) in [6.07, 6.45) is 1.68. The van der Waals surface area contributed by atoms with Crippen LogP contribution >= 0.6 is 11.6 Å². The molecule has 1 amide bonds. The molecule has 1 heterocycles. The Morgan fingerprint density at radius 1 is 1.15 bits per heavy atom. The highest BCUT2D eigenvalue weighted by Gasteiger charge is 2.29. The van der Waals surface area contributed by atoms with Crippen molar-refractivity contribution in [2.75, 3.05) is 18.4 Å². The summed E-state index contributed by atoms with van der Waals surface area (Å²) in [6.45, 7) is 5.04. The Kier molecular flexibility index (Phi) is 5.89. The molecule has 0 spiro atoms. The number of aryl methyl sites for hydroxylation is 1. The van der Waals surface area contributed by atoms with Crippen molar-refractivity contribution in [2.45, 2.75) is 31.6 Å². The van der Waals surface area contributed by atoms with Gasteiger partial charge < -0.3 is 5.32 Å². The van der Waals surface area contributed by atoms with Crippen LogP contribution in [0.1, 0.15) is 35.7 Å². The Balaban J connectivity index is 1.86. The lowest BCUT2D eigenvalue weighted by Gasteiger charge is -2.29. The van der Waals surface area contributed by atoms with Crippen LogP contribution in [0, 0.1) is 12.8 Å². The molecule has 0 unspecified atom stereocenters. The molecule has 0 aromatic heterocycles. The van der Waals surface area contributed by atoms with Gasteiger partial charge in [-0.1, -0.05) is 30.7 Å². The number of nitrogens with zero attached hydrogens (tertiary/aromatic N) is 1. The normalized spacial score (nSPS) is 16.3. The standard InChI is InChI=1S/C20H23ClN2O3S/c1-14-8-10-23(11-9-14)27(25,26)17-6-7-19(21)18(13-17)20(24)22-16-5-3-4-15(2)12-16/h3-7,12-14H,8-11H2,1-2H3,(H,22,24). The molecule has 7 heteroatoms. The van der Waals surface area contributed by atoms with Crippen molar-refractivity contribution in [3.8, 4) is 0 Å². The van der Waals surface area contributed by atoms with Crippen molar-refractivity contribution in [2.24, 2.45) is 5.92 Å². The van der Waals surface area contributed by atoms with E-state index in [4.69, 9.17) is 11.6 Å². The zero-order chi connectivity index (χ0) is 19.6. The van der Waals surface area contributed by atoms with Gasteiger partial charge in [0, 0.05) is 18.8 Å². The number of rotatable bonds is 4. The number of amides is 1. The van der Waals surface area contributed by atoms with Crippen LogP contribution in [0.15, 0.2) is 47.4 Å². The first-order chi connectivity index (χ1) is 12.8. The molecule has 144 valence electrons. The molecule has 0 radical (unpaired) electrons. The van der Waals surface area contributed by atoms with Gasteiger partial charge in [-0.15, -0.1) is 0 Å². The predicted molar refractivity (Wildman–Crippen MR) is 108 cm³/mol. The van der Waals surface area contributed by atoms with Crippen molar-refractivity contribution < 1.29 is 13.2 Å². The molecule has 5 nitrogen and oxygen atoms in total. The van der Waals surface area contributed by atoms with Gasteiger partial charge in [0.25, 0.3) is 5.91 Å². The lowest BCUT2D eigenvalue weighted by atomic mass is 10.0. The summed E-state index contributed by atoms with van der Waals surface area (Å²) in [5.74, 6) is 0.0900. The molecule has 0 bridgehead atoms. The lowest BCUT2D eigenvalue weighted by molar-refractivity contribution is 0.102. The van der Waals surface area contributed by atoms with Crippen LogP contribution in [-0.2, 0) is 10.0 Å². The molecule has 2 aromatic rings. The fourth-order valence-corrected chi connectivity index (χ4v) is 4.83. The molecule has 1 N–H and O–H groups in total. The van der Waals surface area contributed by atoms with Crippen molar-refractivity contribution in [1.82, 2.24) is 4.31 Å². The van der Waals surface area contributed by atoms with Crippen LogP contribution in [0.25, 0.3) is 0 Å². The van der Waals surface area contributed by atoms with E-state index in [-0.39, 0.29) is 15.5 Å². The van der Waals surface area contributed by atoms with E-state index in [2.05, 4.69) is 12.2 Å². The number of sulfonamides is 1. The predicted octanol–water partition coefficient (Wildman–Crippen LogP) is 4.32. The second-order valence-electron chi connectivity index (χ2n) is 7.05.